The van der Waals surface area contributed by atoms with E-state index in [2.05, 4.69) is 168 Å². The normalized spacial score (nSPS) is 11.8. The Kier molecular flexibility index (Phi) is 8.01. The summed E-state index contributed by atoms with van der Waals surface area (Å²) in [6.07, 6.45) is 0. The topological polar surface area (TPSA) is 56.7 Å². The van der Waals surface area contributed by atoms with E-state index >= 15 is 0 Å². The van der Waals surface area contributed by atoms with Gasteiger partial charge < -0.3 is 4.42 Å². The van der Waals surface area contributed by atoms with Gasteiger partial charge >= 0.3 is 0 Å². The van der Waals surface area contributed by atoms with Crippen molar-refractivity contribution in [1.29, 1.82) is 0 Å². The summed E-state index contributed by atoms with van der Waals surface area (Å²) in [5, 5.41) is 6.97. The van der Waals surface area contributed by atoms with Crippen molar-refractivity contribution in [3.63, 3.8) is 0 Å². The van der Waals surface area contributed by atoms with Crippen LogP contribution in [0.3, 0.4) is 0 Å². The highest BCUT2D eigenvalue weighted by atomic mass is 32.1. The van der Waals surface area contributed by atoms with Crippen molar-refractivity contribution in [2.75, 3.05) is 0 Å². The Morgan fingerprint density at radius 3 is 1.83 bits per heavy atom. The zero-order valence-electron chi connectivity index (χ0n) is 33.7. The summed E-state index contributed by atoms with van der Waals surface area (Å²) < 4.78 is 11.2. The molecule has 0 N–H and O–H groups in total. The third-order valence-corrected chi connectivity index (χ3v) is 13.4. The predicted octanol–water partition coefficient (Wildman–Crippen LogP) is 15.6. The van der Waals surface area contributed by atoms with Crippen molar-refractivity contribution in [3.05, 3.63) is 206 Å². The van der Waals surface area contributed by atoms with Gasteiger partial charge in [0, 0.05) is 58.4 Å². The summed E-state index contributed by atoms with van der Waals surface area (Å²) in [5.74, 6) is 1.69. The predicted molar refractivity (Wildman–Crippen MR) is 262 cm³/mol. The van der Waals surface area contributed by atoms with Crippen LogP contribution in [0.25, 0.3) is 126 Å². The summed E-state index contributed by atoms with van der Waals surface area (Å²) in [6.45, 7) is 0. The van der Waals surface area contributed by atoms with Gasteiger partial charge in [-0.25, -0.2) is 4.98 Å². The molecule has 6 heteroatoms. The number of benzene rings is 9. The summed E-state index contributed by atoms with van der Waals surface area (Å²) in [4.78, 5) is 15.8. The number of thiophene rings is 1. The molecule has 0 amide bonds. The molecule has 0 aliphatic rings. The first-order valence-electron chi connectivity index (χ1n) is 21.1. The molecular weight excluding hydrogens is 789 g/mol. The van der Waals surface area contributed by atoms with Gasteiger partial charge in [0.1, 0.15) is 11.2 Å². The second-order valence-corrected chi connectivity index (χ2v) is 17.1. The van der Waals surface area contributed by atoms with Gasteiger partial charge in [-0.05, 0) is 76.3 Å². The number of rotatable bonds is 6. The van der Waals surface area contributed by atoms with Crippen LogP contribution in [-0.4, -0.2) is 19.5 Å². The van der Waals surface area contributed by atoms with Crippen LogP contribution >= 0.6 is 11.3 Å². The molecular formula is C57H34N4OS. The fourth-order valence-corrected chi connectivity index (χ4v) is 10.4. The Labute approximate surface area is 365 Å². The van der Waals surface area contributed by atoms with Crippen LogP contribution in [-0.2, 0) is 0 Å². The molecule has 9 aromatic carbocycles. The van der Waals surface area contributed by atoms with Crippen LogP contribution in [0.5, 0.6) is 0 Å². The number of furan rings is 1. The van der Waals surface area contributed by atoms with Crippen molar-refractivity contribution < 1.29 is 4.42 Å². The maximum absolute atomic E-state index is 6.36. The van der Waals surface area contributed by atoms with Gasteiger partial charge in [-0.15, -0.1) is 11.3 Å². The van der Waals surface area contributed by atoms with Crippen molar-refractivity contribution in [3.8, 4) is 62.1 Å². The van der Waals surface area contributed by atoms with E-state index in [1.165, 1.54) is 25.7 Å². The molecule has 0 radical (unpaired) electrons. The van der Waals surface area contributed by atoms with Crippen LogP contribution in [0.4, 0.5) is 0 Å². The zero-order chi connectivity index (χ0) is 41.4. The van der Waals surface area contributed by atoms with Crippen LogP contribution in [0.1, 0.15) is 0 Å². The second kappa shape index (κ2) is 14.2. The highest BCUT2D eigenvalue weighted by Crippen LogP contribution is 2.42. The molecule has 5 nitrogen and oxygen atoms in total. The monoisotopic (exact) mass is 822 g/mol. The molecule has 0 saturated carbocycles. The Bertz CT molecular complexity index is 3920. The number of nitrogens with zero attached hydrogens (tertiary/aromatic N) is 4. The molecule has 0 unspecified atom stereocenters. The van der Waals surface area contributed by atoms with Crippen molar-refractivity contribution >= 4 is 75.3 Å². The third-order valence-electron chi connectivity index (χ3n) is 12.3. The van der Waals surface area contributed by atoms with Crippen LogP contribution in [0, 0.1) is 0 Å². The minimum absolute atomic E-state index is 0.537. The van der Waals surface area contributed by atoms with Gasteiger partial charge in [0.15, 0.2) is 11.6 Å². The smallest absolute Gasteiger partial charge is 0.238 e. The molecule has 294 valence electrons. The standard InChI is InChI=1S/C57H34N4OS/c1-3-13-35(14-4-1)38-27-30-49-48(32-38)47-22-12-21-42(40-18-11-17-37(31-40)39-25-29-46-45-20-8-10-24-52(45)63-53(46)34-39)54(47)61(49)57-59-55(36-15-5-2-6-16-36)58-56(60-57)41-26-28-44-43-19-7-9-23-50(43)62-51(44)33-41/h1-34H. The number of para-hydroxylation sites is 2. The average molecular weight is 823 g/mol. The Morgan fingerprint density at radius 2 is 0.952 bits per heavy atom. The highest BCUT2D eigenvalue weighted by Gasteiger charge is 2.22. The lowest BCUT2D eigenvalue weighted by Crippen LogP contribution is -2.07. The van der Waals surface area contributed by atoms with Gasteiger partial charge in [-0.1, -0.05) is 158 Å². The molecule has 0 spiro atoms. The quantitative estimate of drug-likeness (QED) is 0.168. The van der Waals surface area contributed by atoms with Crippen molar-refractivity contribution in [1.82, 2.24) is 19.5 Å². The summed E-state index contributed by atoms with van der Waals surface area (Å²) in [5.41, 5.74) is 12.3. The SMILES string of the molecule is c1ccc(-c2ccc3c(c2)c2cccc(-c4cccc(-c5ccc6c(c5)sc5ccccc56)c4)c2n3-c2nc(-c3ccccc3)nc(-c3ccc4c(c3)oc3ccccc34)n2)cc1. The van der Waals surface area contributed by atoms with Crippen LogP contribution < -0.4 is 0 Å². The Hall–Kier alpha value is -8.19. The molecule has 4 aromatic heterocycles. The molecule has 0 aliphatic carbocycles. The molecule has 0 fully saturated rings. The molecule has 0 bridgehead atoms. The van der Waals surface area contributed by atoms with E-state index in [0.29, 0.717) is 17.6 Å². The van der Waals surface area contributed by atoms with E-state index in [9.17, 15) is 0 Å². The zero-order valence-corrected chi connectivity index (χ0v) is 34.6. The molecule has 0 saturated heterocycles. The van der Waals surface area contributed by atoms with E-state index in [1.54, 1.807) is 0 Å². The summed E-state index contributed by atoms with van der Waals surface area (Å²) in [6, 6.07) is 72.9. The van der Waals surface area contributed by atoms with Gasteiger partial charge in [-0.3, -0.25) is 4.57 Å². The van der Waals surface area contributed by atoms with E-state index in [-0.39, 0.29) is 0 Å². The van der Waals surface area contributed by atoms with E-state index in [4.69, 9.17) is 19.4 Å². The molecule has 13 aromatic rings. The van der Waals surface area contributed by atoms with E-state index in [1.807, 2.05) is 53.8 Å². The fraction of sp³-hybridized carbons (Fsp3) is 0. The van der Waals surface area contributed by atoms with E-state index in [0.717, 1.165) is 82.7 Å². The maximum atomic E-state index is 6.36. The molecule has 0 aliphatic heterocycles. The number of fused-ring (bicyclic) bond motifs is 9. The largest absolute Gasteiger partial charge is 0.456 e. The summed E-state index contributed by atoms with van der Waals surface area (Å²) in [7, 11) is 0. The highest BCUT2D eigenvalue weighted by molar-refractivity contribution is 7.25. The van der Waals surface area contributed by atoms with Crippen molar-refractivity contribution in [2.45, 2.75) is 0 Å². The molecule has 13 rings (SSSR count). The lowest BCUT2D eigenvalue weighted by molar-refractivity contribution is 0.669. The number of hydrogen-bond acceptors (Lipinski definition) is 5. The van der Waals surface area contributed by atoms with Gasteiger partial charge in [-0.2, -0.15) is 9.97 Å². The first-order valence-corrected chi connectivity index (χ1v) is 21.9. The maximum Gasteiger partial charge on any atom is 0.238 e. The first-order chi connectivity index (χ1) is 31.2. The van der Waals surface area contributed by atoms with E-state index < -0.39 is 0 Å². The van der Waals surface area contributed by atoms with Gasteiger partial charge in [0.2, 0.25) is 5.95 Å². The lowest BCUT2D eigenvalue weighted by Gasteiger charge is -2.13. The Morgan fingerprint density at radius 1 is 0.349 bits per heavy atom. The number of hydrogen-bond donors (Lipinski definition) is 0. The number of aromatic nitrogens is 4. The second-order valence-electron chi connectivity index (χ2n) is 16.0. The fourth-order valence-electron chi connectivity index (χ4n) is 9.27. The first kappa shape index (κ1) is 35.6. The third kappa shape index (κ3) is 5.87. The Balaban J connectivity index is 1.05. The van der Waals surface area contributed by atoms with Crippen LogP contribution in [0.2, 0.25) is 0 Å². The molecule has 0 atom stereocenters. The van der Waals surface area contributed by atoms with Crippen molar-refractivity contribution in [2.24, 2.45) is 0 Å². The summed E-state index contributed by atoms with van der Waals surface area (Å²) >= 11 is 1.85. The molecule has 4 heterocycles. The minimum Gasteiger partial charge on any atom is -0.456 e. The van der Waals surface area contributed by atoms with Gasteiger partial charge in [0.25, 0.3) is 0 Å². The minimum atomic E-state index is 0.537. The van der Waals surface area contributed by atoms with Crippen LogP contribution in [0.15, 0.2) is 211 Å². The molecule has 63 heavy (non-hydrogen) atoms. The lowest BCUT2D eigenvalue weighted by atomic mass is 9.96. The average Bonchev–Trinajstić information content (AvgIpc) is 4.03. The van der Waals surface area contributed by atoms with Gasteiger partial charge in [0.05, 0.1) is 11.0 Å².